The zero-order valence-electron chi connectivity index (χ0n) is 9.36. The first-order chi connectivity index (χ1) is 7.36. The van der Waals surface area contributed by atoms with Crippen LogP contribution in [0.25, 0.3) is 0 Å². The van der Waals surface area contributed by atoms with E-state index in [4.69, 9.17) is 9.88 Å². The minimum absolute atomic E-state index is 0.105. The summed E-state index contributed by atoms with van der Waals surface area (Å²) in [7, 11) is -3.66. The predicted molar refractivity (Wildman–Crippen MR) is 63.0 cm³/mol. The van der Waals surface area contributed by atoms with Crippen molar-refractivity contribution in [1.82, 2.24) is 0 Å². The summed E-state index contributed by atoms with van der Waals surface area (Å²) in [6.07, 6.45) is 1.63. The summed E-state index contributed by atoms with van der Waals surface area (Å²) in [4.78, 5) is 0.105. The molecule has 0 saturated carbocycles. The van der Waals surface area contributed by atoms with E-state index in [0.29, 0.717) is 12.4 Å². The molecule has 16 heavy (non-hydrogen) atoms. The van der Waals surface area contributed by atoms with E-state index in [0.717, 1.165) is 11.1 Å². The average molecular weight is 241 g/mol. The molecule has 1 aromatic rings. The van der Waals surface area contributed by atoms with Crippen LogP contribution >= 0.6 is 0 Å². The number of aryl methyl sites for hydroxylation is 2. The van der Waals surface area contributed by atoms with Gasteiger partial charge in [0, 0.05) is 0 Å². The van der Waals surface area contributed by atoms with Crippen molar-refractivity contribution in [3.8, 4) is 5.75 Å². The topological polar surface area (TPSA) is 69.4 Å². The number of rotatable bonds is 4. The largest absolute Gasteiger partial charge is 0.489 e. The zero-order chi connectivity index (χ0) is 12.3. The lowest BCUT2D eigenvalue weighted by molar-refractivity contribution is 0.357. The van der Waals surface area contributed by atoms with Gasteiger partial charge in [0.2, 0.25) is 10.0 Å². The van der Waals surface area contributed by atoms with Crippen molar-refractivity contribution < 1.29 is 13.2 Å². The molecule has 2 N–H and O–H groups in total. The van der Waals surface area contributed by atoms with Crippen molar-refractivity contribution in [3.05, 3.63) is 35.9 Å². The number of nitrogens with two attached hydrogens (primary N) is 1. The number of sulfonamides is 1. The van der Waals surface area contributed by atoms with Gasteiger partial charge in [0.05, 0.1) is 4.90 Å². The van der Waals surface area contributed by atoms with Crippen LogP contribution in [0.15, 0.2) is 29.7 Å². The van der Waals surface area contributed by atoms with Gasteiger partial charge in [-0.3, -0.25) is 0 Å². The Morgan fingerprint density at radius 1 is 1.38 bits per heavy atom. The summed E-state index contributed by atoms with van der Waals surface area (Å²) in [5.74, 6) is 0.673. The second kappa shape index (κ2) is 4.67. The van der Waals surface area contributed by atoms with Gasteiger partial charge in [0.25, 0.3) is 0 Å². The molecule has 0 unspecified atom stereocenters. The lowest BCUT2D eigenvalue weighted by Gasteiger charge is -2.12. The fourth-order valence-electron chi connectivity index (χ4n) is 1.44. The molecule has 1 aromatic carbocycles. The van der Waals surface area contributed by atoms with Gasteiger partial charge in [0.1, 0.15) is 12.4 Å². The first-order valence-corrected chi connectivity index (χ1v) is 6.28. The van der Waals surface area contributed by atoms with Crippen molar-refractivity contribution in [2.75, 3.05) is 6.61 Å². The SMILES string of the molecule is C=CCOc1c(C)cc(S(N)(=O)=O)cc1C. The quantitative estimate of drug-likeness (QED) is 0.812. The molecule has 0 bridgehead atoms. The third kappa shape index (κ3) is 2.84. The second-order valence-corrected chi connectivity index (χ2v) is 5.09. The van der Waals surface area contributed by atoms with Crippen LogP contribution in [0.5, 0.6) is 5.75 Å². The maximum absolute atomic E-state index is 11.2. The number of primary sulfonamides is 1. The Morgan fingerprint density at radius 3 is 2.25 bits per heavy atom. The van der Waals surface area contributed by atoms with Crippen molar-refractivity contribution in [3.63, 3.8) is 0 Å². The summed E-state index contributed by atoms with van der Waals surface area (Å²) in [5.41, 5.74) is 1.48. The minimum atomic E-state index is -3.66. The van der Waals surface area contributed by atoms with Crippen LogP contribution in [-0.4, -0.2) is 15.0 Å². The van der Waals surface area contributed by atoms with Crippen LogP contribution in [0.2, 0.25) is 0 Å². The van der Waals surface area contributed by atoms with E-state index in [-0.39, 0.29) is 4.90 Å². The molecule has 4 nitrogen and oxygen atoms in total. The molecule has 0 spiro atoms. The molecule has 5 heteroatoms. The van der Waals surface area contributed by atoms with E-state index in [1.54, 1.807) is 19.9 Å². The highest BCUT2D eigenvalue weighted by atomic mass is 32.2. The Kier molecular flexibility index (Phi) is 3.72. The first kappa shape index (κ1) is 12.7. The lowest BCUT2D eigenvalue weighted by atomic mass is 10.1. The van der Waals surface area contributed by atoms with Gasteiger partial charge in [-0.15, -0.1) is 0 Å². The number of benzene rings is 1. The second-order valence-electron chi connectivity index (χ2n) is 3.53. The normalized spacial score (nSPS) is 11.2. The first-order valence-electron chi connectivity index (χ1n) is 4.74. The van der Waals surface area contributed by atoms with Crippen molar-refractivity contribution in [2.24, 2.45) is 5.14 Å². The molecule has 0 aliphatic heterocycles. The highest BCUT2D eigenvalue weighted by Gasteiger charge is 2.12. The van der Waals surface area contributed by atoms with Crippen molar-refractivity contribution in [1.29, 1.82) is 0 Å². The number of ether oxygens (including phenoxy) is 1. The molecule has 0 saturated heterocycles. The molecule has 0 aromatic heterocycles. The third-order valence-electron chi connectivity index (χ3n) is 2.11. The van der Waals surface area contributed by atoms with Crippen LogP contribution in [0.1, 0.15) is 11.1 Å². The fourth-order valence-corrected chi connectivity index (χ4v) is 2.13. The number of hydrogen-bond acceptors (Lipinski definition) is 3. The Bertz CT molecular complexity index is 483. The molecular formula is C11H15NO3S. The Labute approximate surface area is 95.8 Å². The van der Waals surface area contributed by atoms with Crippen molar-refractivity contribution in [2.45, 2.75) is 18.7 Å². The highest BCUT2D eigenvalue weighted by Crippen LogP contribution is 2.26. The molecule has 88 valence electrons. The average Bonchev–Trinajstić information content (AvgIpc) is 2.15. The van der Waals surface area contributed by atoms with Gasteiger partial charge in [-0.1, -0.05) is 12.7 Å². The zero-order valence-corrected chi connectivity index (χ0v) is 10.2. The van der Waals surface area contributed by atoms with Gasteiger partial charge in [-0.2, -0.15) is 0 Å². The van der Waals surface area contributed by atoms with Gasteiger partial charge >= 0.3 is 0 Å². The van der Waals surface area contributed by atoms with Crippen molar-refractivity contribution >= 4 is 10.0 Å². The summed E-state index contributed by atoms with van der Waals surface area (Å²) >= 11 is 0. The molecule has 0 aliphatic rings. The molecular weight excluding hydrogens is 226 g/mol. The smallest absolute Gasteiger partial charge is 0.238 e. The van der Waals surface area contributed by atoms with Gasteiger partial charge in [-0.05, 0) is 37.1 Å². The Hall–Kier alpha value is -1.33. The maximum Gasteiger partial charge on any atom is 0.238 e. The molecule has 0 aliphatic carbocycles. The summed E-state index contributed by atoms with van der Waals surface area (Å²) in [6.45, 7) is 7.49. The van der Waals surface area contributed by atoms with E-state index < -0.39 is 10.0 Å². The Balaban J connectivity index is 3.22. The van der Waals surface area contributed by atoms with E-state index in [1.807, 2.05) is 0 Å². The van der Waals surface area contributed by atoms with Gasteiger partial charge in [-0.25, -0.2) is 13.6 Å². The summed E-state index contributed by atoms with van der Waals surface area (Å²) in [5, 5.41) is 5.06. The number of hydrogen-bond donors (Lipinski definition) is 1. The van der Waals surface area contributed by atoms with Crippen LogP contribution < -0.4 is 9.88 Å². The van der Waals surface area contributed by atoms with Crippen LogP contribution in [0, 0.1) is 13.8 Å². The van der Waals surface area contributed by atoms with E-state index in [1.165, 1.54) is 12.1 Å². The van der Waals surface area contributed by atoms with Gasteiger partial charge in [0.15, 0.2) is 0 Å². The molecule has 0 fully saturated rings. The monoisotopic (exact) mass is 241 g/mol. The molecule has 0 amide bonds. The highest BCUT2D eigenvalue weighted by molar-refractivity contribution is 7.89. The Morgan fingerprint density at radius 2 is 1.88 bits per heavy atom. The van der Waals surface area contributed by atoms with Gasteiger partial charge < -0.3 is 4.74 Å². The van der Waals surface area contributed by atoms with E-state index in [2.05, 4.69) is 6.58 Å². The molecule has 0 heterocycles. The molecule has 1 rings (SSSR count). The summed E-state index contributed by atoms with van der Waals surface area (Å²) in [6, 6.07) is 3.00. The van der Waals surface area contributed by atoms with E-state index in [9.17, 15) is 8.42 Å². The molecule has 0 radical (unpaired) electrons. The predicted octanol–water partition coefficient (Wildman–Crippen LogP) is 1.52. The third-order valence-corrected chi connectivity index (χ3v) is 3.00. The summed E-state index contributed by atoms with van der Waals surface area (Å²) < 4.78 is 27.8. The standard InChI is InChI=1S/C11H15NO3S/c1-4-5-15-11-8(2)6-10(7-9(11)3)16(12,13)14/h4,6-7H,1,5H2,2-3H3,(H2,12,13,14). The van der Waals surface area contributed by atoms with Crippen LogP contribution in [0.4, 0.5) is 0 Å². The fraction of sp³-hybridized carbons (Fsp3) is 0.273. The minimum Gasteiger partial charge on any atom is -0.489 e. The van der Waals surface area contributed by atoms with Crippen LogP contribution in [-0.2, 0) is 10.0 Å². The lowest BCUT2D eigenvalue weighted by Crippen LogP contribution is -2.13. The molecule has 0 atom stereocenters. The maximum atomic E-state index is 11.2. The van der Waals surface area contributed by atoms with Crippen LogP contribution in [0.3, 0.4) is 0 Å². The van der Waals surface area contributed by atoms with E-state index >= 15 is 0 Å².